The van der Waals surface area contributed by atoms with Crippen molar-refractivity contribution in [1.82, 2.24) is 15.4 Å². The molecule has 1 amide bonds. The van der Waals surface area contributed by atoms with Crippen LogP contribution in [0.5, 0.6) is 5.75 Å². The molecule has 21 heavy (non-hydrogen) atoms. The Hall–Kier alpha value is -1.32. The third kappa shape index (κ3) is 3.86. The topological polar surface area (TPSA) is 87.5 Å². The molecule has 0 saturated carbocycles. The molecular weight excluding hydrogens is 472 g/mol. The molecule has 2 N–H and O–H groups in total. The number of aromatic nitrogens is 2. The minimum absolute atomic E-state index is 0.0416. The van der Waals surface area contributed by atoms with E-state index in [1.54, 1.807) is 6.07 Å². The Morgan fingerprint density at radius 2 is 2.05 bits per heavy atom. The van der Waals surface area contributed by atoms with Gasteiger partial charge in [-0.15, -0.1) is 0 Å². The van der Waals surface area contributed by atoms with Crippen LogP contribution in [0.3, 0.4) is 0 Å². The summed E-state index contributed by atoms with van der Waals surface area (Å²) in [5.74, 6) is -0.437. The fraction of sp³-hybridized carbons (Fsp3) is 0. The number of nitrogens with zero attached hydrogens (tertiary/aromatic N) is 3. The van der Waals surface area contributed by atoms with Crippen LogP contribution >= 0.6 is 47.8 Å². The molecular formula is C12H7Br3N4O2. The van der Waals surface area contributed by atoms with Gasteiger partial charge in [0.2, 0.25) is 0 Å². The smallest absolute Gasteiger partial charge is 0.291 e. The first-order chi connectivity index (χ1) is 10.0. The maximum absolute atomic E-state index is 11.7. The molecule has 0 spiro atoms. The van der Waals surface area contributed by atoms with Gasteiger partial charge in [-0.05, 0) is 37.9 Å². The van der Waals surface area contributed by atoms with Crippen molar-refractivity contribution in [3.8, 4) is 5.75 Å². The van der Waals surface area contributed by atoms with Gasteiger partial charge in [0.15, 0.2) is 0 Å². The van der Waals surface area contributed by atoms with E-state index in [-0.39, 0.29) is 11.4 Å². The Labute approximate surface area is 145 Å². The molecule has 0 radical (unpaired) electrons. The molecule has 0 atom stereocenters. The maximum Gasteiger partial charge on any atom is 0.291 e. The molecule has 2 rings (SSSR count). The molecule has 0 fully saturated rings. The Bertz CT molecular complexity index is 707. The minimum atomic E-state index is -0.479. The number of aromatic hydroxyl groups is 1. The first-order valence-corrected chi connectivity index (χ1v) is 7.84. The lowest BCUT2D eigenvalue weighted by Gasteiger charge is -2.06. The Balaban J connectivity index is 2.16. The largest absolute Gasteiger partial charge is 0.506 e. The summed E-state index contributed by atoms with van der Waals surface area (Å²) in [4.78, 5) is 19.4. The second-order valence-corrected chi connectivity index (χ2v) is 6.21. The van der Waals surface area contributed by atoms with Crippen LogP contribution in [0.25, 0.3) is 0 Å². The van der Waals surface area contributed by atoms with Crippen LogP contribution < -0.4 is 5.43 Å². The molecule has 108 valence electrons. The maximum atomic E-state index is 11.7. The summed E-state index contributed by atoms with van der Waals surface area (Å²) in [6.07, 6.45) is 5.62. The summed E-state index contributed by atoms with van der Waals surface area (Å²) >= 11 is 9.82. The number of nitrogens with one attached hydrogen (secondary N) is 1. The van der Waals surface area contributed by atoms with Crippen LogP contribution in [-0.2, 0) is 0 Å². The summed E-state index contributed by atoms with van der Waals surface area (Å²) in [5, 5.41) is 13.6. The number of hydrogen-bond donors (Lipinski definition) is 2. The van der Waals surface area contributed by atoms with Gasteiger partial charge in [-0.2, -0.15) is 5.10 Å². The van der Waals surface area contributed by atoms with E-state index in [0.29, 0.717) is 19.0 Å². The number of carbonyl (C=O) groups excluding carboxylic acids is 1. The molecule has 0 aliphatic heterocycles. The quantitative estimate of drug-likeness (QED) is 0.523. The highest BCUT2D eigenvalue weighted by molar-refractivity contribution is 9.11. The third-order valence-corrected chi connectivity index (χ3v) is 4.40. The summed E-state index contributed by atoms with van der Waals surface area (Å²) in [5.41, 5.74) is 3.07. The van der Waals surface area contributed by atoms with Crippen LogP contribution in [0.4, 0.5) is 0 Å². The van der Waals surface area contributed by atoms with E-state index in [9.17, 15) is 9.90 Å². The van der Waals surface area contributed by atoms with Crippen LogP contribution in [-0.4, -0.2) is 27.2 Å². The molecule has 0 bridgehead atoms. The predicted molar refractivity (Wildman–Crippen MR) is 88.3 cm³/mol. The number of hydrogen-bond acceptors (Lipinski definition) is 5. The molecule has 0 aliphatic rings. The SMILES string of the molecule is O=C(N/N=C\c1c(Br)cc(Br)c(O)c1Br)c1cnccn1. The number of carbonyl (C=O) groups is 1. The van der Waals surface area contributed by atoms with Crippen molar-refractivity contribution in [2.24, 2.45) is 5.10 Å². The van der Waals surface area contributed by atoms with Gasteiger partial charge in [0, 0.05) is 22.4 Å². The van der Waals surface area contributed by atoms with Crippen molar-refractivity contribution >= 4 is 59.9 Å². The number of hydrazone groups is 1. The monoisotopic (exact) mass is 476 g/mol. The van der Waals surface area contributed by atoms with Gasteiger partial charge >= 0.3 is 0 Å². The van der Waals surface area contributed by atoms with Crippen LogP contribution in [0.1, 0.15) is 16.1 Å². The standard InChI is InChI=1S/C12H7Br3N4O2/c13-7-3-8(14)11(20)10(15)6(7)4-18-19-12(21)9-5-16-1-2-17-9/h1-5,20H,(H,19,21)/b18-4-. The number of amides is 1. The minimum Gasteiger partial charge on any atom is -0.506 e. The number of phenols is 1. The summed E-state index contributed by atoms with van der Waals surface area (Å²) in [6, 6.07) is 1.67. The Kier molecular flexibility index (Phi) is 5.43. The lowest BCUT2D eigenvalue weighted by atomic mass is 10.2. The molecule has 0 saturated heterocycles. The predicted octanol–water partition coefficient (Wildman–Crippen LogP) is 3.23. The van der Waals surface area contributed by atoms with Crippen molar-refractivity contribution in [2.75, 3.05) is 0 Å². The number of phenolic OH excluding ortho intramolecular Hbond substituents is 1. The van der Waals surface area contributed by atoms with Gasteiger partial charge in [-0.1, -0.05) is 15.9 Å². The van der Waals surface area contributed by atoms with Crippen molar-refractivity contribution in [3.63, 3.8) is 0 Å². The first-order valence-electron chi connectivity index (χ1n) is 5.46. The number of halogens is 3. The highest BCUT2D eigenvalue weighted by Gasteiger charge is 2.12. The summed E-state index contributed by atoms with van der Waals surface area (Å²) in [7, 11) is 0. The molecule has 1 aromatic carbocycles. The molecule has 9 heteroatoms. The van der Waals surface area contributed by atoms with Crippen LogP contribution in [0, 0.1) is 0 Å². The molecule has 1 aromatic heterocycles. The van der Waals surface area contributed by atoms with Gasteiger partial charge in [-0.3, -0.25) is 9.78 Å². The van der Waals surface area contributed by atoms with E-state index in [1.165, 1.54) is 24.8 Å². The number of rotatable bonds is 3. The van der Waals surface area contributed by atoms with Gasteiger partial charge in [0.1, 0.15) is 11.4 Å². The van der Waals surface area contributed by atoms with Gasteiger partial charge in [-0.25, -0.2) is 10.4 Å². The summed E-state index contributed by atoms with van der Waals surface area (Å²) < 4.78 is 1.67. The second kappa shape index (κ2) is 7.10. The van der Waals surface area contributed by atoms with Crippen molar-refractivity contribution in [3.05, 3.63) is 49.3 Å². The van der Waals surface area contributed by atoms with E-state index >= 15 is 0 Å². The van der Waals surface area contributed by atoms with Crippen molar-refractivity contribution < 1.29 is 9.90 Å². The Morgan fingerprint density at radius 3 is 2.71 bits per heavy atom. The van der Waals surface area contributed by atoms with Crippen LogP contribution in [0.15, 0.2) is 43.2 Å². The summed E-state index contributed by atoms with van der Waals surface area (Å²) in [6.45, 7) is 0. The highest BCUT2D eigenvalue weighted by Crippen LogP contribution is 2.38. The zero-order valence-corrected chi connectivity index (χ0v) is 15.0. The van der Waals surface area contributed by atoms with E-state index in [4.69, 9.17) is 0 Å². The van der Waals surface area contributed by atoms with E-state index < -0.39 is 5.91 Å². The van der Waals surface area contributed by atoms with Gasteiger partial charge < -0.3 is 5.11 Å². The fourth-order valence-electron chi connectivity index (χ4n) is 1.34. The lowest BCUT2D eigenvalue weighted by Crippen LogP contribution is -2.19. The fourth-order valence-corrected chi connectivity index (χ4v) is 3.67. The molecule has 2 aromatic rings. The van der Waals surface area contributed by atoms with Gasteiger partial charge in [0.25, 0.3) is 5.91 Å². The van der Waals surface area contributed by atoms with Crippen molar-refractivity contribution in [1.29, 1.82) is 0 Å². The van der Waals surface area contributed by atoms with Crippen LogP contribution in [0.2, 0.25) is 0 Å². The second-order valence-electron chi connectivity index (χ2n) is 3.71. The molecule has 0 unspecified atom stereocenters. The average molecular weight is 479 g/mol. The highest BCUT2D eigenvalue weighted by atomic mass is 79.9. The zero-order valence-electron chi connectivity index (χ0n) is 10.2. The third-order valence-electron chi connectivity index (χ3n) is 2.34. The molecule has 0 aliphatic carbocycles. The first kappa shape index (κ1) is 16.1. The number of benzene rings is 1. The van der Waals surface area contributed by atoms with E-state index in [0.717, 1.165) is 0 Å². The average Bonchev–Trinajstić information content (AvgIpc) is 2.49. The lowest BCUT2D eigenvalue weighted by molar-refractivity contribution is 0.0949. The van der Waals surface area contributed by atoms with E-state index in [1.807, 2.05) is 0 Å². The zero-order chi connectivity index (χ0) is 15.4. The molecule has 6 nitrogen and oxygen atoms in total. The van der Waals surface area contributed by atoms with E-state index in [2.05, 4.69) is 68.3 Å². The molecule has 1 heterocycles. The van der Waals surface area contributed by atoms with Gasteiger partial charge in [0.05, 0.1) is 21.4 Å². The normalized spacial score (nSPS) is 10.8. The van der Waals surface area contributed by atoms with Crippen molar-refractivity contribution in [2.45, 2.75) is 0 Å². The Morgan fingerprint density at radius 1 is 1.29 bits per heavy atom.